The van der Waals surface area contributed by atoms with Gasteiger partial charge in [0.05, 0.1) is 12.3 Å². The third-order valence-electron chi connectivity index (χ3n) is 5.16. The zero-order valence-corrected chi connectivity index (χ0v) is 19.3. The molecule has 8 heteroatoms. The van der Waals surface area contributed by atoms with Crippen molar-refractivity contribution in [3.63, 3.8) is 0 Å². The Bertz CT molecular complexity index is 1270. The van der Waals surface area contributed by atoms with Gasteiger partial charge in [-0.3, -0.25) is 14.4 Å². The fourth-order valence-corrected chi connectivity index (χ4v) is 3.61. The summed E-state index contributed by atoms with van der Waals surface area (Å²) in [5, 5.41) is 5.52. The molecule has 4 rings (SSSR count). The fourth-order valence-electron chi connectivity index (χ4n) is 3.39. The Hall–Kier alpha value is -4.10. The Kier molecular flexibility index (Phi) is 6.65. The van der Waals surface area contributed by atoms with Gasteiger partial charge >= 0.3 is 0 Å². The summed E-state index contributed by atoms with van der Waals surface area (Å²) in [4.78, 5) is 39.1. The molecular formula is C26H22ClN3O4. The number of nitrogens with one attached hydrogen (secondary N) is 2. The number of halogens is 1. The molecule has 3 amide bonds. The molecule has 0 aromatic heterocycles. The van der Waals surface area contributed by atoms with Crippen LogP contribution in [0.3, 0.4) is 0 Å². The van der Waals surface area contributed by atoms with E-state index < -0.39 is 11.8 Å². The Balaban J connectivity index is 1.45. The number of benzene rings is 3. The van der Waals surface area contributed by atoms with E-state index in [2.05, 4.69) is 10.6 Å². The molecule has 0 radical (unpaired) electrons. The van der Waals surface area contributed by atoms with Gasteiger partial charge in [0.2, 0.25) is 0 Å². The molecule has 0 bridgehead atoms. The van der Waals surface area contributed by atoms with Crippen molar-refractivity contribution in [2.24, 2.45) is 0 Å². The van der Waals surface area contributed by atoms with Crippen LogP contribution in [0.5, 0.6) is 5.75 Å². The molecule has 0 saturated carbocycles. The molecule has 2 N–H and O–H groups in total. The SMILES string of the molecule is CCOc1ccc(N2C(=O)C(Cl)=C(Nc3ccc(C(=O)Nc4ccc(C)cc4)cc3)C2=O)cc1. The van der Waals surface area contributed by atoms with Crippen LogP contribution in [0.15, 0.2) is 83.5 Å². The molecule has 3 aromatic carbocycles. The summed E-state index contributed by atoms with van der Waals surface area (Å²) in [6.07, 6.45) is 0. The second kappa shape index (κ2) is 9.80. The van der Waals surface area contributed by atoms with Gasteiger partial charge in [-0.15, -0.1) is 0 Å². The second-order valence-corrected chi connectivity index (χ2v) is 7.96. The van der Waals surface area contributed by atoms with Crippen LogP contribution in [0.25, 0.3) is 0 Å². The summed E-state index contributed by atoms with van der Waals surface area (Å²) >= 11 is 6.20. The third-order valence-corrected chi connectivity index (χ3v) is 5.51. The zero-order chi connectivity index (χ0) is 24.2. The Morgan fingerprint density at radius 2 is 1.50 bits per heavy atom. The van der Waals surface area contributed by atoms with E-state index in [4.69, 9.17) is 16.3 Å². The van der Waals surface area contributed by atoms with E-state index in [-0.39, 0.29) is 16.6 Å². The van der Waals surface area contributed by atoms with Gasteiger partial charge in [0, 0.05) is 16.9 Å². The first-order valence-electron chi connectivity index (χ1n) is 10.6. The number of anilines is 3. The third kappa shape index (κ3) is 4.79. The summed E-state index contributed by atoms with van der Waals surface area (Å²) in [6.45, 7) is 4.35. The number of aryl methyl sites for hydroxylation is 1. The average Bonchev–Trinajstić information content (AvgIpc) is 3.05. The molecule has 0 aliphatic carbocycles. The van der Waals surface area contributed by atoms with Crippen molar-refractivity contribution in [3.8, 4) is 5.75 Å². The number of carbonyl (C=O) groups is 3. The maximum atomic E-state index is 12.9. The minimum atomic E-state index is -0.618. The number of carbonyl (C=O) groups excluding carboxylic acids is 3. The van der Waals surface area contributed by atoms with Crippen LogP contribution < -0.4 is 20.3 Å². The highest BCUT2D eigenvalue weighted by molar-refractivity contribution is 6.53. The van der Waals surface area contributed by atoms with Gasteiger partial charge in [0.1, 0.15) is 16.5 Å². The van der Waals surface area contributed by atoms with Crippen LogP contribution in [0.1, 0.15) is 22.8 Å². The van der Waals surface area contributed by atoms with Gasteiger partial charge in [-0.2, -0.15) is 0 Å². The highest BCUT2D eigenvalue weighted by Gasteiger charge is 2.39. The molecular weight excluding hydrogens is 454 g/mol. The summed E-state index contributed by atoms with van der Waals surface area (Å²) in [5.41, 5.74) is 3.10. The lowest BCUT2D eigenvalue weighted by atomic mass is 10.1. The van der Waals surface area contributed by atoms with E-state index >= 15 is 0 Å². The van der Waals surface area contributed by atoms with E-state index in [1.165, 1.54) is 0 Å². The molecule has 172 valence electrons. The molecule has 0 unspecified atom stereocenters. The van der Waals surface area contributed by atoms with Gasteiger partial charge in [-0.25, -0.2) is 4.90 Å². The van der Waals surface area contributed by atoms with Gasteiger partial charge in [0.15, 0.2) is 0 Å². The van der Waals surface area contributed by atoms with E-state index in [0.29, 0.717) is 35.0 Å². The molecule has 1 aliphatic rings. The smallest absolute Gasteiger partial charge is 0.283 e. The van der Waals surface area contributed by atoms with Crippen LogP contribution in [-0.2, 0) is 9.59 Å². The van der Waals surface area contributed by atoms with Gasteiger partial charge in [-0.1, -0.05) is 29.3 Å². The molecule has 0 atom stereocenters. The van der Waals surface area contributed by atoms with Crippen molar-refractivity contribution < 1.29 is 19.1 Å². The van der Waals surface area contributed by atoms with Crippen LogP contribution in [-0.4, -0.2) is 24.3 Å². The first kappa shape index (κ1) is 23.1. The molecule has 1 aliphatic heterocycles. The number of imide groups is 1. The van der Waals surface area contributed by atoms with Crippen LogP contribution in [0.2, 0.25) is 0 Å². The predicted octanol–water partition coefficient (Wildman–Crippen LogP) is 5.08. The molecule has 0 spiro atoms. The van der Waals surface area contributed by atoms with Crippen LogP contribution >= 0.6 is 11.6 Å². The van der Waals surface area contributed by atoms with Gasteiger partial charge in [0.25, 0.3) is 17.7 Å². The van der Waals surface area contributed by atoms with Gasteiger partial charge in [-0.05, 0) is 74.5 Å². The average molecular weight is 476 g/mol. The van der Waals surface area contributed by atoms with E-state index in [1.807, 2.05) is 38.1 Å². The lowest BCUT2D eigenvalue weighted by Crippen LogP contribution is -2.32. The Morgan fingerprint density at radius 3 is 2.12 bits per heavy atom. The highest BCUT2D eigenvalue weighted by atomic mass is 35.5. The van der Waals surface area contributed by atoms with Crippen LogP contribution in [0, 0.1) is 6.92 Å². The Labute approximate surface area is 202 Å². The van der Waals surface area contributed by atoms with Crippen molar-refractivity contribution in [1.82, 2.24) is 0 Å². The second-order valence-electron chi connectivity index (χ2n) is 7.58. The van der Waals surface area contributed by atoms with E-state index in [9.17, 15) is 14.4 Å². The van der Waals surface area contributed by atoms with Crippen molar-refractivity contribution >= 4 is 46.4 Å². The standard InChI is InChI=1S/C26H22ClN3O4/c1-3-34-21-14-12-20(13-15-21)30-25(32)22(27)23(26(30)33)28-18-10-6-17(7-11-18)24(31)29-19-8-4-16(2)5-9-19/h4-15,28H,3H2,1-2H3,(H,29,31). The summed E-state index contributed by atoms with van der Waals surface area (Å²) in [5.74, 6) is -0.816. The van der Waals surface area contributed by atoms with E-state index in [1.54, 1.807) is 48.5 Å². The lowest BCUT2D eigenvalue weighted by molar-refractivity contribution is -0.120. The molecule has 0 fully saturated rings. The first-order valence-corrected chi connectivity index (χ1v) is 11.0. The van der Waals surface area contributed by atoms with E-state index in [0.717, 1.165) is 10.5 Å². The number of rotatable bonds is 7. The van der Waals surface area contributed by atoms with Crippen molar-refractivity contribution in [1.29, 1.82) is 0 Å². The summed E-state index contributed by atoms with van der Waals surface area (Å²) < 4.78 is 5.40. The molecule has 3 aromatic rings. The van der Waals surface area contributed by atoms with Crippen LogP contribution in [0.4, 0.5) is 17.1 Å². The van der Waals surface area contributed by atoms with Crippen molar-refractivity contribution in [2.75, 3.05) is 22.1 Å². The Morgan fingerprint density at radius 1 is 0.882 bits per heavy atom. The van der Waals surface area contributed by atoms with Crippen molar-refractivity contribution in [2.45, 2.75) is 13.8 Å². The number of amides is 3. The topological polar surface area (TPSA) is 87.7 Å². The largest absolute Gasteiger partial charge is 0.494 e. The predicted molar refractivity (Wildman–Crippen MR) is 132 cm³/mol. The maximum absolute atomic E-state index is 12.9. The number of hydrogen-bond acceptors (Lipinski definition) is 5. The molecule has 7 nitrogen and oxygen atoms in total. The number of hydrogen-bond donors (Lipinski definition) is 2. The summed E-state index contributed by atoms with van der Waals surface area (Å²) in [7, 11) is 0. The zero-order valence-electron chi connectivity index (χ0n) is 18.6. The molecule has 0 saturated heterocycles. The number of nitrogens with zero attached hydrogens (tertiary/aromatic N) is 1. The quantitative estimate of drug-likeness (QED) is 0.465. The minimum Gasteiger partial charge on any atom is -0.494 e. The number of ether oxygens (including phenoxy) is 1. The first-order chi connectivity index (χ1) is 16.4. The van der Waals surface area contributed by atoms with Gasteiger partial charge < -0.3 is 15.4 Å². The minimum absolute atomic E-state index is 0.0302. The highest BCUT2D eigenvalue weighted by Crippen LogP contribution is 2.31. The molecule has 34 heavy (non-hydrogen) atoms. The lowest BCUT2D eigenvalue weighted by Gasteiger charge is -2.15. The summed E-state index contributed by atoms with van der Waals surface area (Å²) in [6, 6.07) is 20.6. The normalized spacial score (nSPS) is 13.3. The maximum Gasteiger partial charge on any atom is 0.283 e. The fraction of sp³-hybridized carbons (Fsp3) is 0.115. The van der Waals surface area contributed by atoms with Crippen molar-refractivity contribution in [3.05, 3.63) is 94.7 Å². The molecule has 1 heterocycles. The monoisotopic (exact) mass is 475 g/mol.